The first-order chi connectivity index (χ1) is 7.43. The zero-order valence-corrected chi connectivity index (χ0v) is 10.0. The fourth-order valence-corrected chi connectivity index (χ4v) is 1.43. The molecule has 0 atom stereocenters. The Balaban J connectivity index is 2.94. The van der Waals surface area contributed by atoms with Crippen LogP contribution in [0.2, 0.25) is 0 Å². The van der Waals surface area contributed by atoms with Crippen molar-refractivity contribution in [2.24, 2.45) is 14.1 Å². The molecular formula is C10H14ClN3O2. The van der Waals surface area contributed by atoms with Crippen LogP contribution in [0, 0.1) is 0 Å². The van der Waals surface area contributed by atoms with Crippen LogP contribution in [0.1, 0.15) is 5.56 Å². The smallest absolute Gasteiger partial charge is 0.307 e. The monoisotopic (exact) mass is 243 g/mol. The zero-order chi connectivity index (χ0) is 12.3. The molecule has 0 aliphatic heterocycles. The Bertz CT molecular complexity index is 516. The second kappa shape index (κ2) is 5.14. The van der Waals surface area contributed by atoms with E-state index in [1.54, 1.807) is 7.05 Å². The molecule has 0 aliphatic carbocycles. The van der Waals surface area contributed by atoms with E-state index in [4.69, 9.17) is 11.6 Å². The first-order valence-corrected chi connectivity index (χ1v) is 5.11. The third-order valence-electron chi connectivity index (χ3n) is 2.15. The zero-order valence-electron chi connectivity index (χ0n) is 9.29. The van der Waals surface area contributed by atoms with Crippen molar-refractivity contribution in [3.8, 4) is 0 Å². The van der Waals surface area contributed by atoms with Gasteiger partial charge in [-0.25, -0.2) is 4.79 Å². The molecule has 0 aliphatic rings. The molecule has 0 saturated carbocycles. The second-order valence-corrected chi connectivity index (χ2v) is 4.07. The third-order valence-corrected chi connectivity index (χ3v) is 2.28. The first-order valence-electron chi connectivity index (χ1n) is 4.73. The summed E-state index contributed by atoms with van der Waals surface area (Å²) in [6, 6.07) is 0. The van der Waals surface area contributed by atoms with Crippen LogP contribution in [0.3, 0.4) is 0 Å². The van der Waals surface area contributed by atoms with E-state index in [0.29, 0.717) is 23.7 Å². The van der Waals surface area contributed by atoms with E-state index in [1.807, 2.05) is 0 Å². The molecule has 0 radical (unpaired) electrons. The lowest BCUT2D eigenvalue weighted by Gasteiger charge is -2.07. The largest absolute Gasteiger partial charge is 0.330 e. The van der Waals surface area contributed by atoms with Gasteiger partial charge in [0.2, 0.25) is 0 Å². The number of rotatable bonds is 4. The summed E-state index contributed by atoms with van der Waals surface area (Å²) < 4.78 is 2.44. The summed E-state index contributed by atoms with van der Waals surface area (Å²) in [5.74, 6) is 0. The van der Waals surface area contributed by atoms with Gasteiger partial charge in [0.05, 0.1) is 0 Å². The number of hydrogen-bond acceptors (Lipinski definition) is 3. The summed E-state index contributed by atoms with van der Waals surface area (Å²) in [6.45, 7) is 4.30. The number of aromatic nitrogens is 2. The van der Waals surface area contributed by atoms with E-state index in [2.05, 4.69) is 11.9 Å². The van der Waals surface area contributed by atoms with Crippen LogP contribution in [0.15, 0.2) is 27.4 Å². The van der Waals surface area contributed by atoms with Crippen LogP contribution < -0.4 is 16.6 Å². The van der Waals surface area contributed by atoms with Crippen LogP contribution in [-0.4, -0.2) is 15.7 Å². The molecule has 88 valence electrons. The average molecular weight is 244 g/mol. The SMILES string of the molecule is C=C(Cl)CNCc1cn(C)c(=O)n(C)c1=O. The van der Waals surface area contributed by atoms with E-state index >= 15 is 0 Å². The van der Waals surface area contributed by atoms with Crippen molar-refractivity contribution in [3.05, 3.63) is 44.2 Å². The molecule has 0 amide bonds. The minimum absolute atomic E-state index is 0.296. The Morgan fingerprint density at radius 1 is 1.50 bits per heavy atom. The van der Waals surface area contributed by atoms with E-state index < -0.39 is 0 Å². The Morgan fingerprint density at radius 3 is 2.69 bits per heavy atom. The second-order valence-electron chi connectivity index (χ2n) is 3.53. The van der Waals surface area contributed by atoms with E-state index in [0.717, 1.165) is 4.57 Å². The maximum absolute atomic E-state index is 11.7. The third kappa shape index (κ3) is 2.84. The Hall–Kier alpha value is -1.33. The first kappa shape index (κ1) is 12.7. The predicted molar refractivity (Wildman–Crippen MR) is 63.6 cm³/mol. The molecule has 0 bridgehead atoms. The highest BCUT2D eigenvalue weighted by molar-refractivity contribution is 6.29. The molecule has 1 rings (SSSR count). The van der Waals surface area contributed by atoms with Gasteiger partial charge in [-0.3, -0.25) is 9.36 Å². The van der Waals surface area contributed by atoms with E-state index in [1.165, 1.54) is 17.8 Å². The highest BCUT2D eigenvalue weighted by Gasteiger charge is 2.05. The lowest BCUT2D eigenvalue weighted by molar-refractivity contribution is 0.646. The fraction of sp³-hybridized carbons (Fsp3) is 0.400. The van der Waals surface area contributed by atoms with Crippen molar-refractivity contribution in [1.82, 2.24) is 14.5 Å². The highest BCUT2D eigenvalue weighted by atomic mass is 35.5. The van der Waals surface area contributed by atoms with Crippen molar-refractivity contribution < 1.29 is 0 Å². The standard InChI is InChI=1S/C10H14ClN3O2/c1-7(11)4-12-5-8-6-13(2)10(16)14(3)9(8)15/h6,12H,1,4-5H2,2-3H3. The van der Waals surface area contributed by atoms with Crippen LogP contribution in [0.4, 0.5) is 0 Å². The van der Waals surface area contributed by atoms with Crippen LogP contribution in [-0.2, 0) is 20.6 Å². The van der Waals surface area contributed by atoms with Gasteiger partial charge in [-0.1, -0.05) is 18.2 Å². The van der Waals surface area contributed by atoms with Gasteiger partial charge in [0.25, 0.3) is 5.56 Å². The lowest BCUT2D eigenvalue weighted by atomic mass is 10.3. The summed E-state index contributed by atoms with van der Waals surface area (Å²) in [6.07, 6.45) is 1.52. The molecule has 1 aromatic rings. The van der Waals surface area contributed by atoms with Crippen LogP contribution in [0.5, 0.6) is 0 Å². The summed E-state index contributed by atoms with van der Waals surface area (Å²) in [4.78, 5) is 23.1. The lowest BCUT2D eigenvalue weighted by Crippen LogP contribution is -2.39. The van der Waals surface area contributed by atoms with Crippen LogP contribution >= 0.6 is 11.6 Å². The normalized spacial score (nSPS) is 10.4. The van der Waals surface area contributed by atoms with Gasteiger partial charge < -0.3 is 9.88 Å². The number of hydrogen-bond donors (Lipinski definition) is 1. The average Bonchev–Trinajstić information content (AvgIpc) is 2.22. The van der Waals surface area contributed by atoms with Gasteiger partial charge in [-0.15, -0.1) is 0 Å². The van der Waals surface area contributed by atoms with Crippen LogP contribution in [0.25, 0.3) is 0 Å². The minimum Gasteiger partial charge on any atom is -0.307 e. The van der Waals surface area contributed by atoms with Gasteiger partial charge in [-0.2, -0.15) is 0 Å². The molecule has 0 saturated heterocycles. The topological polar surface area (TPSA) is 56.0 Å². The number of halogens is 1. The minimum atomic E-state index is -0.337. The summed E-state index contributed by atoms with van der Waals surface area (Å²) in [5.41, 5.74) is -0.117. The van der Waals surface area contributed by atoms with Crippen molar-refractivity contribution in [3.63, 3.8) is 0 Å². The molecule has 1 N–H and O–H groups in total. The number of nitrogens with one attached hydrogen (secondary N) is 1. The summed E-state index contributed by atoms with van der Waals surface area (Å²) >= 11 is 5.58. The fourth-order valence-electron chi connectivity index (χ4n) is 1.34. The number of aryl methyl sites for hydroxylation is 1. The quantitative estimate of drug-likeness (QED) is 0.805. The molecule has 1 aromatic heterocycles. The van der Waals surface area contributed by atoms with E-state index in [9.17, 15) is 9.59 Å². The van der Waals surface area contributed by atoms with Gasteiger partial charge in [0.15, 0.2) is 0 Å². The Morgan fingerprint density at radius 2 is 2.12 bits per heavy atom. The molecule has 5 nitrogen and oxygen atoms in total. The summed E-state index contributed by atoms with van der Waals surface area (Å²) in [5, 5.41) is 3.43. The van der Waals surface area contributed by atoms with Crippen molar-refractivity contribution in [2.45, 2.75) is 6.54 Å². The molecular weight excluding hydrogens is 230 g/mol. The van der Waals surface area contributed by atoms with Gasteiger partial charge in [0, 0.05) is 44.0 Å². The van der Waals surface area contributed by atoms with Gasteiger partial charge >= 0.3 is 5.69 Å². The summed E-state index contributed by atoms with van der Waals surface area (Å²) in [7, 11) is 3.06. The van der Waals surface area contributed by atoms with Crippen molar-refractivity contribution in [1.29, 1.82) is 0 Å². The molecule has 6 heteroatoms. The molecule has 0 unspecified atom stereocenters. The van der Waals surface area contributed by atoms with Crippen molar-refractivity contribution in [2.75, 3.05) is 6.54 Å². The maximum Gasteiger partial charge on any atom is 0.330 e. The predicted octanol–water partition coefficient (Wildman–Crippen LogP) is -0.0739. The molecule has 1 heterocycles. The van der Waals surface area contributed by atoms with E-state index in [-0.39, 0.29) is 11.2 Å². The van der Waals surface area contributed by atoms with Crippen molar-refractivity contribution >= 4 is 11.6 Å². The number of nitrogens with zero attached hydrogens (tertiary/aromatic N) is 2. The molecule has 16 heavy (non-hydrogen) atoms. The highest BCUT2D eigenvalue weighted by Crippen LogP contribution is 1.94. The molecule has 0 fully saturated rings. The van der Waals surface area contributed by atoms with Gasteiger partial charge in [-0.05, 0) is 0 Å². The van der Waals surface area contributed by atoms with Gasteiger partial charge in [0.1, 0.15) is 0 Å². The molecule has 0 aromatic carbocycles. The Kier molecular flexibility index (Phi) is 4.09. The Labute approximate surface area is 98.0 Å². The molecule has 0 spiro atoms. The maximum atomic E-state index is 11.7.